The van der Waals surface area contributed by atoms with Gasteiger partial charge in [0.25, 0.3) is 0 Å². The Bertz CT molecular complexity index is 162. The minimum Gasteiger partial charge on any atom is -0.126 e. The van der Waals surface area contributed by atoms with E-state index in [9.17, 15) is 0 Å². The molecule has 0 aromatic rings. The molecular weight excluding hydrogens is 168 g/mol. The van der Waals surface area contributed by atoms with Crippen molar-refractivity contribution in [1.82, 2.24) is 0 Å². The van der Waals surface area contributed by atoms with Gasteiger partial charge in [0.1, 0.15) is 0 Å². The molecule has 70 valence electrons. The van der Waals surface area contributed by atoms with Gasteiger partial charge in [-0.2, -0.15) is 0 Å². The summed E-state index contributed by atoms with van der Waals surface area (Å²) in [5.41, 5.74) is 2.85. The smallest absolute Gasteiger partial charge is 0.0258 e. The summed E-state index contributed by atoms with van der Waals surface area (Å²) in [6.07, 6.45) is 7.83. The average Bonchev–Trinajstić information content (AvgIpc) is 2.00. The molecule has 0 aliphatic carbocycles. The Hall–Kier alpha value is -0.230. The molecule has 0 atom stereocenters. The van der Waals surface area contributed by atoms with Gasteiger partial charge in [-0.25, -0.2) is 0 Å². The molecule has 12 heavy (non-hydrogen) atoms. The van der Waals surface area contributed by atoms with Crippen molar-refractivity contribution in [2.75, 3.05) is 5.88 Å². The first-order valence-corrected chi connectivity index (χ1v) is 5.05. The molecule has 0 bridgehead atoms. The van der Waals surface area contributed by atoms with Crippen LogP contribution in [0.15, 0.2) is 23.3 Å². The average molecular weight is 187 g/mol. The summed E-state index contributed by atoms with van der Waals surface area (Å²) >= 11 is 5.57. The Morgan fingerprint density at radius 3 is 2.25 bits per heavy atom. The molecule has 0 unspecified atom stereocenters. The number of allylic oxidation sites excluding steroid dienone is 4. The summed E-state index contributed by atoms with van der Waals surface area (Å²) in [6.45, 7) is 6.45. The monoisotopic (exact) mass is 186 g/mol. The standard InChI is InChI=1S/C11H19Cl/c1-10(2)6-4-7-11(3)8-5-9-12/h6,8H,4-5,7,9H2,1-3H3/b11-8+. The second-order valence-electron chi connectivity index (χ2n) is 3.35. The molecule has 0 aromatic heterocycles. The first-order chi connectivity index (χ1) is 5.66. The minimum absolute atomic E-state index is 0.736. The molecule has 0 nitrogen and oxygen atoms in total. The second-order valence-corrected chi connectivity index (χ2v) is 3.73. The third kappa shape index (κ3) is 7.87. The van der Waals surface area contributed by atoms with Crippen molar-refractivity contribution < 1.29 is 0 Å². The van der Waals surface area contributed by atoms with Crippen LogP contribution in [0.1, 0.15) is 40.0 Å². The van der Waals surface area contributed by atoms with E-state index in [0.717, 1.165) is 18.7 Å². The van der Waals surface area contributed by atoms with E-state index >= 15 is 0 Å². The number of halogens is 1. The topological polar surface area (TPSA) is 0 Å². The van der Waals surface area contributed by atoms with Crippen molar-refractivity contribution in [3.8, 4) is 0 Å². The molecule has 0 amide bonds. The highest BCUT2D eigenvalue weighted by molar-refractivity contribution is 6.17. The zero-order valence-corrected chi connectivity index (χ0v) is 9.12. The van der Waals surface area contributed by atoms with Gasteiger partial charge in [-0.15, -0.1) is 11.6 Å². The fourth-order valence-corrected chi connectivity index (χ4v) is 1.10. The van der Waals surface area contributed by atoms with Crippen molar-refractivity contribution >= 4 is 11.6 Å². The van der Waals surface area contributed by atoms with Crippen molar-refractivity contribution in [3.05, 3.63) is 23.3 Å². The molecule has 0 N–H and O–H groups in total. The van der Waals surface area contributed by atoms with E-state index in [0.29, 0.717) is 0 Å². The van der Waals surface area contributed by atoms with Gasteiger partial charge in [0.2, 0.25) is 0 Å². The number of hydrogen-bond donors (Lipinski definition) is 0. The predicted molar refractivity (Wildman–Crippen MR) is 57.8 cm³/mol. The van der Waals surface area contributed by atoms with Gasteiger partial charge in [-0.05, 0) is 40.0 Å². The molecule has 0 aliphatic heterocycles. The minimum atomic E-state index is 0.736. The van der Waals surface area contributed by atoms with Gasteiger partial charge in [0.05, 0.1) is 0 Å². The Labute approximate surface area is 81.3 Å². The van der Waals surface area contributed by atoms with E-state index in [1.165, 1.54) is 17.6 Å². The Balaban J connectivity index is 3.56. The van der Waals surface area contributed by atoms with Gasteiger partial charge < -0.3 is 0 Å². The normalized spacial score (nSPS) is 11.5. The van der Waals surface area contributed by atoms with E-state index < -0.39 is 0 Å². The maximum atomic E-state index is 5.57. The Kier molecular flexibility index (Phi) is 7.28. The van der Waals surface area contributed by atoms with Crippen LogP contribution in [-0.2, 0) is 0 Å². The van der Waals surface area contributed by atoms with Crippen molar-refractivity contribution in [1.29, 1.82) is 0 Å². The van der Waals surface area contributed by atoms with Crippen LogP contribution in [0.25, 0.3) is 0 Å². The summed E-state index contributed by atoms with van der Waals surface area (Å²) in [5, 5.41) is 0. The van der Waals surface area contributed by atoms with E-state index in [2.05, 4.69) is 32.9 Å². The fourth-order valence-electron chi connectivity index (χ4n) is 0.992. The molecule has 0 saturated carbocycles. The highest BCUT2D eigenvalue weighted by Crippen LogP contribution is 2.07. The van der Waals surface area contributed by atoms with Crippen LogP contribution in [0.4, 0.5) is 0 Å². The first-order valence-electron chi connectivity index (χ1n) is 4.51. The van der Waals surface area contributed by atoms with Gasteiger partial charge in [-0.3, -0.25) is 0 Å². The van der Waals surface area contributed by atoms with Crippen molar-refractivity contribution in [3.63, 3.8) is 0 Å². The summed E-state index contributed by atoms with van der Waals surface area (Å²) in [6, 6.07) is 0. The number of alkyl halides is 1. The highest BCUT2D eigenvalue weighted by atomic mass is 35.5. The molecule has 0 rings (SSSR count). The second kappa shape index (κ2) is 7.42. The Morgan fingerprint density at radius 1 is 1.08 bits per heavy atom. The van der Waals surface area contributed by atoms with Crippen LogP contribution in [0, 0.1) is 0 Å². The lowest BCUT2D eigenvalue weighted by Crippen LogP contribution is -1.78. The van der Waals surface area contributed by atoms with Gasteiger partial charge >= 0.3 is 0 Å². The van der Waals surface area contributed by atoms with E-state index in [1.807, 2.05) is 0 Å². The Morgan fingerprint density at radius 2 is 1.75 bits per heavy atom. The van der Waals surface area contributed by atoms with Crippen LogP contribution in [-0.4, -0.2) is 5.88 Å². The molecule has 1 heteroatoms. The number of rotatable bonds is 5. The van der Waals surface area contributed by atoms with Crippen LogP contribution in [0.2, 0.25) is 0 Å². The maximum Gasteiger partial charge on any atom is 0.0258 e. The van der Waals surface area contributed by atoms with Gasteiger partial charge in [0, 0.05) is 5.88 Å². The lowest BCUT2D eigenvalue weighted by atomic mass is 10.1. The van der Waals surface area contributed by atoms with Gasteiger partial charge in [-0.1, -0.05) is 23.3 Å². The van der Waals surface area contributed by atoms with E-state index in [4.69, 9.17) is 11.6 Å². The fraction of sp³-hybridized carbons (Fsp3) is 0.636. The quantitative estimate of drug-likeness (QED) is 0.444. The van der Waals surface area contributed by atoms with Crippen LogP contribution < -0.4 is 0 Å². The third-order valence-corrected chi connectivity index (χ3v) is 1.91. The molecule has 0 fully saturated rings. The van der Waals surface area contributed by atoms with Gasteiger partial charge in [0.15, 0.2) is 0 Å². The lowest BCUT2D eigenvalue weighted by Gasteiger charge is -1.97. The lowest BCUT2D eigenvalue weighted by molar-refractivity contribution is 0.953. The zero-order chi connectivity index (χ0) is 9.40. The molecule has 0 aliphatic rings. The summed E-state index contributed by atoms with van der Waals surface area (Å²) in [4.78, 5) is 0. The van der Waals surface area contributed by atoms with Crippen LogP contribution in [0.5, 0.6) is 0 Å². The molecular formula is C11H19Cl. The van der Waals surface area contributed by atoms with E-state index in [-0.39, 0.29) is 0 Å². The maximum absolute atomic E-state index is 5.57. The highest BCUT2D eigenvalue weighted by Gasteiger charge is 1.87. The zero-order valence-electron chi connectivity index (χ0n) is 8.36. The summed E-state index contributed by atoms with van der Waals surface area (Å²) < 4.78 is 0. The predicted octanol–water partition coefficient (Wildman–Crippen LogP) is 4.31. The van der Waals surface area contributed by atoms with E-state index in [1.54, 1.807) is 0 Å². The van der Waals surface area contributed by atoms with Crippen molar-refractivity contribution in [2.45, 2.75) is 40.0 Å². The first kappa shape index (κ1) is 11.8. The molecule has 0 saturated heterocycles. The molecule has 0 heterocycles. The molecule has 0 radical (unpaired) electrons. The summed E-state index contributed by atoms with van der Waals surface area (Å²) in [7, 11) is 0. The SMILES string of the molecule is CC(C)=CCC/C(C)=C/CCCl. The largest absolute Gasteiger partial charge is 0.126 e. The molecule has 0 spiro atoms. The third-order valence-electron chi connectivity index (χ3n) is 1.69. The molecule has 0 aromatic carbocycles. The van der Waals surface area contributed by atoms with Crippen LogP contribution in [0.3, 0.4) is 0 Å². The summed E-state index contributed by atoms with van der Waals surface area (Å²) in [5.74, 6) is 0.736. The van der Waals surface area contributed by atoms with Crippen molar-refractivity contribution in [2.24, 2.45) is 0 Å². The van der Waals surface area contributed by atoms with Crippen LogP contribution >= 0.6 is 11.6 Å². The number of hydrogen-bond acceptors (Lipinski definition) is 0.